The molecule has 0 aliphatic heterocycles. The number of hydrogen-bond donors (Lipinski definition) is 0. The topological polar surface area (TPSA) is 28.5 Å². The highest BCUT2D eigenvalue weighted by molar-refractivity contribution is 7.99. The molecule has 3 nitrogen and oxygen atoms in total. The summed E-state index contributed by atoms with van der Waals surface area (Å²) in [6.45, 7) is 4.29. The minimum Gasteiger partial charge on any atom is -0.292 e. The molecule has 2 aromatic rings. The molecule has 0 radical (unpaired) electrons. The number of halogens is 1. The molecule has 5 heteroatoms. The molecule has 1 aromatic heterocycles. The number of thioether (sulfide) groups is 1. The van der Waals surface area contributed by atoms with Gasteiger partial charge in [0.25, 0.3) is 0 Å². The van der Waals surface area contributed by atoms with Crippen LogP contribution in [0, 0.1) is 5.82 Å². The second-order valence-electron chi connectivity index (χ2n) is 4.42. The summed E-state index contributed by atoms with van der Waals surface area (Å²) in [6.07, 6.45) is 3.62. The number of aromatic nitrogens is 1. The van der Waals surface area contributed by atoms with E-state index in [1.807, 2.05) is 25.4 Å². The minimum absolute atomic E-state index is 0.291. The van der Waals surface area contributed by atoms with Gasteiger partial charge in [-0.25, -0.2) is 4.39 Å². The molecule has 2 rings (SSSR count). The summed E-state index contributed by atoms with van der Waals surface area (Å²) < 4.78 is 13.1. The van der Waals surface area contributed by atoms with Crippen molar-refractivity contribution in [1.29, 1.82) is 0 Å². The summed E-state index contributed by atoms with van der Waals surface area (Å²) in [4.78, 5) is 11.0. The average Bonchev–Trinajstić information content (AvgIpc) is 2.47. The third-order valence-electron chi connectivity index (χ3n) is 2.71. The van der Waals surface area contributed by atoms with E-state index in [-0.39, 0.29) is 5.82 Å². The summed E-state index contributed by atoms with van der Waals surface area (Å²) in [5.41, 5.74) is 1.75. The summed E-state index contributed by atoms with van der Waals surface area (Å²) >= 11 is 1.61. The van der Waals surface area contributed by atoms with Crippen LogP contribution < -0.4 is 0 Å². The number of aliphatic imine (C=N–C) groups is 1. The SMILES string of the molecule is C=Nc1cc(F)ccc1SCN(C)Cc1cccnc1. The maximum atomic E-state index is 13.1. The molecule has 0 aliphatic carbocycles. The van der Waals surface area contributed by atoms with Crippen molar-refractivity contribution in [2.24, 2.45) is 4.99 Å². The molecule has 0 unspecified atom stereocenters. The van der Waals surface area contributed by atoms with Crippen molar-refractivity contribution >= 4 is 24.2 Å². The quantitative estimate of drug-likeness (QED) is 0.461. The van der Waals surface area contributed by atoms with E-state index >= 15 is 0 Å². The number of benzene rings is 1. The number of rotatable bonds is 6. The monoisotopic (exact) mass is 289 g/mol. The van der Waals surface area contributed by atoms with E-state index in [0.29, 0.717) is 5.69 Å². The molecule has 20 heavy (non-hydrogen) atoms. The standard InChI is InChI=1S/C15H16FN3S/c1-17-14-8-13(16)5-6-15(14)20-11-19(2)10-12-4-3-7-18-9-12/h3-9H,1,10-11H2,2H3. The van der Waals surface area contributed by atoms with Crippen molar-refractivity contribution in [3.8, 4) is 0 Å². The van der Waals surface area contributed by atoms with Gasteiger partial charge < -0.3 is 0 Å². The first-order chi connectivity index (χ1) is 9.69. The van der Waals surface area contributed by atoms with Crippen LogP contribution in [0.25, 0.3) is 0 Å². The average molecular weight is 289 g/mol. The zero-order valence-corrected chi connectivity index (χ0v) is 12.1. The lowest BCUT2D eigenvalue weighted by atomic mass is 10.3. The van der Waals surface area contributed by atoms with Crippen LogP contribution in [-0.4, -0.2) is 29.5 Å². The van der Waals surface area contributed by atoms with Crippen LogP contribution in [0.5, 0.6) is 0 Å². The van der Waals surface area contributed by atoms with Gasteiger partial charge in [0.05, 0.1) is 5.69 Å². The predicted octanol–water partition coefficient (Wildman–Crippen LogP) is 3.73. The van der Waals surface area contributed by atoms with E-state index in [0.717, 1.165) is 22.9 Å². The van der Waals surface area contributed by atoms with Crippen LogP contribution in [0.4, 0.5) is 10.1 Å². The van der Waals surface area contributed by atoms with Crippen LogP contribution in [-0.2, 0) is 6.54 Å². The van der Waals surface area contributed by atoms with Crippen molar-refractivity contribution in [3.05, 3.63) is 54.1 Å². The largest absolute Gasteiger partial charge is 0.292 e. The molecule has 0 N–H and O–H groups in total. The molecule has 0 amide bonds. The Labute approximate surface area is 122 Å². The van der Waals surface area contributed by atoms with Gasteiger partial charge in [0.15, 0.2) is 0 Å². The molecule has 0 atom stereocenters. The molecule has 1 heterocycles. The lowest BCUT2D eigenvalue weighted by Gasteiger charge is -2.16. The lowest BCUT2D eigenvalue weighted by molar-refractivity contribution is 0.386. The van der Waals surface area contributed by atoms with Crippen molar-refractivity contribution in [1.82, 2.24) is 9.88 Å². The van der Waals surface area contributed by atoms with E-state index in [2.05, 4.69) is 21.6 Å². The molecule has 0 saturated carbocycles. The van der Waals surface area contributed by atoms with Crippen LogP contribution in [0.2, 0.25) is 0 Å². The van der Waals surface area contributed by atoms with Gasteiger partial charge in [-0.2, -0.15) is 0 Å². The Morgan fingerprint density at radius 1 is 1.40 bits per heavy atom. The summed E-state index contributed by atoms with van der Waals surface area (Å²) in [5, 5.41) is 0. The fourth-order valence-electron chi connectivity index (χ4n) is 1.76. The number of hydrogen-bond acceptors (Lipinski definition) is 4. The molecule has 104 valence electrons. The van der Waals surface area contributed by atoms with E-state index in [1.165, 1.54) is 12.1 Å². The van der Waals surface area contributed by atoms with Gasteiger partial charge >= 0.3 is 0 Å². The molecular weight excluding hydrogens is 273 g/mol. The molecule has 0 fully saturated rings. The first-order valence-corrected chi connectivity index (χ1v) is 7.14. The zero-order chi connectivity index (χ0) is 14.4. The third-order valence-corrected chi connectivity index (χ3v) is 3.93. The van der Waals surface area contributed by atoms with E-state index in [4.69, 9.17) is 0 Å². The highest BCUT2D eigenvalue weighted by Crippen LogP contribution is 2.30. The molecular formula is C15H16FN3S. The van der Waals surface area contributed by atoms with Crippen LogP contribution >= 0.6 is 11.8 Å². The smallest absolute Gasteiger partial charge is 0.125 e. The number of nitrogens with zero attached hydrogens (tertiary/aromatic N) is 3. The van der Waals surface area contributed by atoms with Gasteiger partial charge in [-0.1, -0.05) is 6.07 Å². The van der Waals surface area contributed by atoms with Crippen molar-refractivity contribution in [2.45, 2.75) is 11.4 Å². The predicted molar refractivity (Wildman–Crippen MR) is 82.0 cm³/mol. The van der Waals surface area contributed by atoms with E-state index in [1.54, 1.807) is 24.0 Å². The normalized spacial score (nSPS) is 10.8. The third kappa shape index (κ3) is 4.15. The van der Waals surface area contributed by atoms with E-state index in [9.17, 15) is 4.39 Å². The van der Waals surface area contributed by atoms with Crippen molar-refractivity contribution in [3.63, 3.8) is 0 Å². The molecule has 0 spiro atoms. The molecule has 0 saturated heterocycles. The molecule has 0 bridgehead atoms. The maximum absolute atomic E-state index is 13.1. The Hall–Kier alpha value is -1.72. The van der Waals surface area contributed by atoms with Crippen LogP contribution in [0.3, 0.4) is 0 Å². The van der Waals surface area contributed by atoms with E-state index < -0.39 is 0 Å². The highest BCUT2D eigenvalue weighted by atomic mass is 32.2. The van der Waals surface area contributed by atoms with Gasteiger partial charge in [-0.05, 0) is 37.5 Å². The Balaban J connectivity index is 1.93. The van der Waals surface area contributed by atoms with Crippen LogP contribution in [0.1, 0.15) is 5.56 Å². The molecule has 0 aliphatic rings. The maximum Gasteiger partial charge on any atom is 0.125 e. The summed E-state index contributed by atoms with van der Waals surface area (Å²) in [5.74, 6) is 0.490. The first kappa shape index (κ1) is 14.7. The Bertz CT molecular complexity index is 575. The number of pyridine rings is 1. The zero-order valence-electron chi connectivity index (χ0n) is 11.3. The Morgan fingerprint density at radius 3 is 2.95 bits per heavy atom. The van der Waals surface area contributed by atoms with Crippen molar-refractivity contribution in [2.75, 3.05) is 12.9 Å². The minimum atomic E-state index is -0.291. The van der Waals surface area contributed by atoms with Gasteiger partial charge in [-0.3, -0.25) is 14.9 Å². The first-order valence-electron chi connectivity index (χ1n) is 6.15. The fraction of sp³-hybridized carbons (Fsp3) is 0.200. The van der Waals surface area contributed by atoms with Crippen molar-refractivity contribution < 1.29 is 4.39 Å². The van der Waals surface area contributed by atoms with Gasteiger partial charge in [0, 0.05) is 35.8 Å². The Kier molecular flexibility index (Phi) is 5.26. The summed E-state index contributed by atoms with van der Waals surface area (Å²) in [7, 11) is 2.03. The van der Waals surface area contributed by atoms with Crippen LogP contribution in [0.15, 0.2) is 52.6 Å². The summed E-state index contributed by atoms with van der Waals surface area (Å²) in [6, 6.07) is 8.55. The van der Waals surface area contributed by atoms with Gasteiger partial charge in [-0.15, -0.1) is 11.8 Å². The van der Waals surface area contributed by atoms with Gasteiger partial charge in [0.1, 0.15) is 5.82 Å². The lowest BCUT2D eigenvalue weighted by Crippen LogP contribution is -2.16. The Morgan fingerprint density at radius 2 is 2.25 bits per heavy atom. The second kappa shape index (κ2) is 7.17. The second-order valence-corrected chi connectivity index (χ2v) is 5.41. The van der Waals surface area contributed by atoms with Gasteiger partial charge in [0.2, 0.25) is 0 Å². The highest BCUT2D eigenvalue weighted by Gasteiger charge is 2.06. The molecule has 1 aromatic carbocycles. The fourth-order valence-corrected chi connectivity index (χ4v) is 2.65.